The predicted octanol–water partition coefficient (Wildman–Crippen LogP) is 4.05. The maximum Gasteiger partial charge on any atom is 0.223 e. The Morgan fingerprint density at radius 1 is 1.32 bits per heavy atom. The van der Waals surface area contributed by atoms with E-state index in [2.05, 4.69) is 33.2 Å². The molecule has 0 saturated heterocycles. The van der Waals surface area contributed by atoms with E-state index in [1.165, 1.54) is 0 Å². The maximum absolute atomic E-state index is 5.94. The van der Waals surface area contributed by atoms with Crippen molar-refractivity contribution in [1.29, 1.82) is 0 Å². The number of hydrogen-bond acceptors (Lipinski definition) is 3. The molecule has 4 heteroatoms. The highest BCUT2D eigenvalue weighted by Crippen LogP contribution is 2.28. The van der Waals surface area contributed by atoms with E-state index in [0.717, 1.165) is 34.4 Å². The SMILES string of the molecule is CCNCc1cccnc1Oc1cc(Br)ccc1C. The van der Waals surface area contributed by atoms with E-state index in [1.807, 2.05) is 37.3 Å². The minimum Gasteiger partial charge on any atom is -0.438 e. The molecule has 1 N–H and O–H groups in total. The lowest BCUT2D eigenvalue weighted by atomic mass is 10.2. The van der Waals surface area contributed by atoms with E-state index in [1.54, 1.807) is 6.20 Å². The molecule has 0 bridgehead atoms. The molecule has 2 rings (SSSR count). The Bertz CT molecular complexity index is 558. The second kappa shape index (κ2) is 6.68. The van der Waals surface area contributed by atoms with Crippen molar-refractivity contribution < 1.29 is 4.74 Å². The quantitative estimate of drug-likeness (QED) is 0.902. The minimum atomic E-state index is 0.657. The van der Waals surface area contributed by atoms with Gasteiger partial charge in [0.15, 0.2) is 0 Å². The van der Waals surface area contributed by atoms with Gasteiger partial charge in [0.05, 0.1) is 0 Å². The highest BCUT2D eigenvalue weighted by atomic mass is 79.9. The van der Waals surface area contributed by atoms with Crippen molar-refractivity contribution >= 4 is 15.9 Å². The fraction of sp³-hybridized carbons (Fsp3) is 0.267. The summed E-state index contributed by atoms with van der Waals surface area (Å²) in [5.41, 5.74) is 2.15. The molecule has 2 aromatic rings. The van der Waals surface area contributed by atoms with Crippen LogP contribution in [0, 0.1) is 6.92 Å². The molecule has 0 aliphatic heterocycles. The van der Waals surface area contributed by atoms with Gasteiger partial charge in [0.2, 0.25) is 5.88 Å². The minimum absolute atomic E-state index is 0.657. The number of rotatable bonds is 5. The fourth-order valence-corrected chi connectivity index (χ4v) is 2.04. The first-order chi connectivity index (χ1) is 9.20. The zero-order valence-electron chi connectivity index (χ0n) is 11.1. The van der Waals surface area contributed by atoms with Crippen molar-refractivity contribution in [2.24, 2.45) is 0 Å². The van der Waals surface area contributed by atoms with E-state index in [9.17, 15) is 0 Å². The van der Waals surface area contributed by atoms with Gasteiger partial charge in [0.1, 0.15) is 5.75 Å². The van der Waals surface area contributed by atoms with Gasteiger partial charge in [-0.2, -0.15) is 0 Å². The van der Waals surface area contributed by atoms with E-state index in [0.29, 0.717) is 5.88 Å². The predicted molar refractivity (Wildman–Crippen MR) is 80.6 cm³/mol. The van der Waals surface area contributed by atoms with E-state index in [-0.39, 0.29) is 0 Å². The monoisotopic (exact) mass is 320 g/mol. The molecular formula is C15H17BrN2O. The second-order valence-corrected chi connectivity index (χ2v) is 5.18. The summed E-state index contributed by atoms with van der Waals surface area (Å²) in [6, 6.07) is 9.93. The van der Waals surface area contributed by atoms with Crippen LogP contribution in [0.15, 0.2) is 41.0 Å². The average Bonchev–Trinajstić information content (AvgIpc) is 2.42. The molecule has 100 valence electrons. The van der Waals surface area contributed by atoms with Crippen molar-refractivity contribution in [3.63, 3.8) is 0 Å². The Morgan fingerprint density at radius 2 is 2.16 bits per heavy atom. The highest BCUT2D eigenvalue weighted by Gasteiger charge is 2.08. The normalized spacial score (nSPS) is 10.5. The largest absolute Gasteiger partial charge is 0.438 e. The Hall–Kier alpha value is -1.39. The van der Waals surface area contributed by atoms with Gasteiger partial charge in [0, 0.05) is 22.8 Å². The van der Waals surface area contributed by atoms with E-state index < -0.39 is 0 Å². The third-order valence-corrected chi connectivity index (χ3v) is 3.27. The van der Waals surface area contributed by atoms with Crippen LogP contribution in [0.25, 0.3) is 0 Å². The van der Waals surface area contributed by atoms with Gasteiger partial charge in [0.25, 0.3) is 0 Å². The molecule has 0 amide bonds. The molecule has 1 heterocycles. The van der Waals surface area contributed by atoms with Gasteiger partial charge in [-0.05, 0) is 37.2 Å². The molecule has 19 heavy (non-hydrogen) atoms. The smallest absolute Gasteiger partial charge is 0.223 e. The first kappa shape index (κ1) is 14.0. The number of nitrogens with one attached hydrogen (secondary N) is 1. The average molecular weight is 321 g/mol. The van der Waals surface area contributed by atoms with Crippen molar-refractivity contribution in [2.45, 2.75) is 20.4 Å². The van der Waals surface area contributed by atoms with Crippen LogP contribution in [0.3, 0.4) is 0 Å². The maximum atomic E-state index is 5.94. The van der Waals surface area contributed by atoms with Crippen molar-refractivity contribution in [1.82, 2.24) is 10.3 Å². The number of nitrogens with zero attached hydrogens (tertiary/aromatic N) is 1. The van der Waals surface area contributed by atoms with Crippen LogP contribution in [-0.4, -0.2) is 11.5 Å². The molecule has 1 aromatic carbocycles. The van der Waals surface area contributed by atoms with Gasteiger partial charge in [-0.25, -0.2) is 4.98 Å². The molecular weight excluding hydrogens is 304 g/mol. The van der Waals surface area contributed by atoms with Crippen LogP contribution in [0.1, 0.15) is 18.1 Å². The molecule has 3 nitrogen and oxygen atoms in total. The number of aryl methyl sites for hydroxylation is 1. The topological polar surface area (TPSA) is 34.2 Å². The summed E-state index contributed by atoms with van der Waals surface area (Å²) in [7, 11) is 0. The van der Waals surface area contributed by atoms with Gasteiger partial charge >= 0.3 is 0 Å². The van der Waals surface area contributed by atoms with Crippen molar-refractivity contribution in [3.05, 3.63) is 52.1 Å². The van der Waals surface area contributed by atoms with E-state index >= 15 is 0 Å². The lowest BCUT2D eigenvalue weighted by Gasteiger charge is -2.12. The number of aromatic nitrogens is 1. The third-order valence-electron chi connectivity index (χ3n) is 2.77. The van der Waals surface area contributed by atoms with Gasteiger partial charge in [-0.1, -0.05) is 35.0 Å². The Kier molecular flexibility index (Phi) is 4.93. The lowest BCUT2D eigenvalue weighted by molar-refractivity contribution is 0.450. The number of ether oxygens (including phenoxy) is 1. The van der Waals surface area contributed by atoms with Crippen molar-refractivity contribution in [2.75, 3.05) is 6.54 Å². The summed E-state index contributed by atoms with van der Waals surface area (Å²) < 4.78 is 6.93. The van der Waals surface area contributed by atoms with Crippen LogP contribution in [0.4, 0.5) is 0 Å². The highest BCUT2D eigenvalue weighted by molar-refractivity contribution is 9.10. The van der Waals surface area contributed by atoms with Gasteiger partial charge < -0.3 is 10.1 Å². The first-order valence-corrected chi connectivity index (χ1v) is 7.08. The third kappa shape index (κ3) is 3.78. The Labute approximate surface area is 122 Å². The number of halogens is 1. The molecule has 0 fully saturated rings. The summed E-state index contributed by atoms with van der Waals surface area (Å²) in [4.78, 5) is 4.32. The fourth-order valence-electron chi connectivity index (χ4n) is 1.70. The molecule has 0 atom stereocenters. The lowest BCUT2D eigenvalue weighted by Crippen LogP contribution is -2.12. The standard InChI is InChI=1S/C15H17BrN2O/c1-3-17-10-12-5-4-8-18-15(12)19-14-9-13(16)7-6-11(14)2/h4-9,17H,3,10H2,1-2H3. The van der Waals surface area contributed by atoms with Crippen LogP contribution >= 0.6 is 15.9 Å². The van der Waals surface area contributed by atoms with Gasteiger partial charge in [-0.3, -0.25) is 0 Å². The zero-order chi connectivity index (χ0) is 13.7. The molecule has 0 aliphatic carbocycles. The summed E-state index contributed by atoms with van der Waals surface area (Å²) in [5, 5.41) is 3.29. The van der Waals surface area contributed by atoms with Crippen LogP contribution in [0.2, 0.25) is 0 Å². The molecule has 1 aromatic heterocycles. The van der Waals surface area contributed by atoms with Crippen LogP contribution in [0.5, 0.6) is 11.6 Å². The number of benzene rings is 1. The van der Waals surface area contributed by atoms with Crippen LogP contribution in [-0.2, 0) is 6.54 Å². The molecule has 0 spiro atoms. The summed E-state index contributed by atoms with van der Waals surface area (Å²) in [6.07, 6.45) is 1.75. The zero-order valence-corrected chi connectivity index (χ0v) is 12.7. The molecule has 0 saturated carbocycles. The molecule has 0 unspecified atom stereocenters. The summed E-state index contributed by atoms with van der Waals surface area (Å²) in [6.45, 7) is 5.78. The Balaban J connectivity index is 2.25. The molecule has 0 aliphatic rings. The summed E-state index contributed by atoms with van der Waals surface area (Å²) >= 11 is 3.46. The number of hydrogen-bond donors (Lipinski definition) is 1. The molecule has 0 radical (unpaired) electrons. The summed E-state index contributed by atoms with van der Waals surface area (Å²) in [5.74, 6) is 1.48. The first-order valence-electron chi connectivity index (χ1n) is 6.29. The second-order valence-electron chi connectivity index (χ2n) is 4.26. The van der Waals surface area contributed by atoms with Gasteiger partial charge in [-0.15, -0.1) is 0 Å². The van der Waals surface area contributed by atoms with Crippen LogP contribution < -0.4 is 10.1 Å². The number of pyridine rings is 1. The van der Waals surface area contributed by atoms with E-state index in [4.69, 9.17) is 4.74 Å². The van der Waals surface area contributed by atoms with Crippen molar-refractivity contribution in [3.8, 4) is 11.6 Å². The Morgan fingerprint density at radius 3 is 2.95 bits per heavy atom.